The van der Waals surface area contributed by atoms with Crippen molar-refractivity contribution in [2.24, 2.45) is 10.8 Å². The molecule has 0 radical (unpaired) electrons. The van der Waals surface area contributed by atoms with Crippen LogP contribution >= 0.6 is 0 Å². The summed E-state index contributed by atoms with van der Waals surface area (Å²) in [6, 6.07) is 0. The first-order valence-electron chi connectivity index (χ1n) is 7.47. The molecule has 1 fully saturated rings. The molecule has 0 aromatic heterocycles. The van der Waals surface area contributed by atoms with E-state index in [0.717, 1.165) is 0 Å². The van der Waals surface area contributed by atoms with Crippen LogP contribution < -0.4 is 0 Å². The lowest BCUT2D eigenvalue weighted by atomic mass is 9.60. The third kappa shape index (κ3) is 2.13. The summed E-state index contributed by atoms with van der Waals surface area (Å²) in [6.07, 6.45) is 3.99. The average Bonchev–Trinajstić information content (AvgIpc) is 2.49. The molecule has 4 nitrogen and oxygen atoms in total. The Hall–Kier alpha value is -0.943. The SMILES string of the molecule is CC(C)(C)[Si](C)(C)O[C@H]1C=CC[C@@]2(C)C(=O)OC(=O)[C@@]12C. The highest BCUT2D eigenvalue weighted by Gasteiger charge is 2.67. The molecule has 0 N–H and O–H groups in total. The van der Waals surface area contributed by atoms with E-state index >= 15 is 0 Å². The summed E-state index contributed by atoms with van der Waals surface area (Å²) in [5.41, 5.74) is -1.76. The normalized spacial score (nSPS) is 36.6. The molecule has 0 aromatic carbocycles. The Labute approximate surface area is 128 Å². The summed E-state index contributed by atoms with van der Waals surface area (Å²) in [5.74, 6) is -0.883. The third-order valence-corrected chi connectivity index (χ3v) is 10.3. The highest BCUT2D eigenvalue weighted by atomic mass is 28.4. The summed E-state index contributed by atoms with van der Waals surface area (Å²) < 4.78 is 11.4. The van der Waals surface area contributed by atoms with Crippen LogP contribution in [0.4, 0.5) is 0 Å². The Balaban J connectivity index is 2.42. The third-order valence-electron chi connectivity index (χ3n) is 5.84. The summed E-state index contributed by atoms with van der Waals surface area (Å²) >= 11 is 0. The van der Waals surface area contributed by atoms with Crippen molar-refractivity contribution in [3.8, 4) is 0 Å². The second-order valence-electron chi connectivity index (χ2n) is 8.14. The number of cyclic esters (lactones) is 2. The second-order valence-corrected chi connectivity index (χ2v) is 12.9. The highest BCUT2D eigenvalue weighted by Crippen LogP contribution is 2.56. The van der Waals surface area contributed by atoms with Crippen LogP contribution in [0.2, 0.25) is 18.1 Å². The first kappa shape index (κ1) is 16.4. The fraction of sp³-hybridized carbons (Fsp3) is 0.750. The average molecular weight is 310 g/mol. The largest absolute Gasteiger partial charge is 0.409 e. The Morgan fingerprint density at radius 2 is 1.81 bits per heavy atom. The van der Waals surface area contributed by atoms with E-state index < -0.39 is 37.2 Å². The smallest absolute Gasteiger partial charge is 0.323 e. The van der Waals surface area contributed by atoms with Crippen LogP contribution in [0.15, 0.2) is 12.2 Å². The van der Waals surface area contributed by atoms with E-state index in [4.69, 9.17) is 9.16 Å². The van der Waals surface area contributed by atoms with E-state index in [1.54, 1.807) is 0 Å². The Morgan fingerprint density at radius 1 is 1.24 bits per heavy atom. The van der Waals surface area contributed by atoms with Crippen LogP contribution in [0.1, 0.15) is 41.0 Å². The molecular weight excluding hydrogens is 284 g/mol. The summed E-state index contributed by atoms with van der Waals surface area (Å²) in [6.45, 7) is 14.4. The van der Waals surface area contributed by atoms with Gasteiger partial charge in [-0.05, 0) is 38.4 Å². The first-order valence-corrected chi connectivity index (χ1v) is 10.4. The molecule has 0 unspecified atom stereocenters. The van der Waals surface area contributed by atoms with E-state index in [9.17, 15) is 9.59 Å². The zero-order valence-electron chi connectivity index (χ0n) is 14.1. The van der Waals surface area contributed by atoms with E-state index in [1.165, 1.54) is 0 Å². The van der Waals surface area contributed by atoms with Gasteiger partial charge in [-0.1, -0.05) is 32.9 Å². The number of rotatable bonds is 2. The van der Waals surface area contributed by atoms with Crippen LogP contribution in [-0.4, -0.2) is 26.4 Å². The lowest BCUT2D eigenvalue weighted by Gasteiger charge is -2.47. The molecule has 3 atom stereocenters. The van der Waals surface area contributed by atoms with Crippen molar-refractivity contribution < 1.29 is 18.8 Å². The molecule has 0 aromatic rings. The summed E-state index contributed by atoms with van der Waals surface area (Å²) in [4.78, 5) is 24.5. The number of allylic oxidation sites excluding steroid dienone is 1. The number of ether oxygens (including phenoxy) is 1. The lowest BCUT2D eigenvalue weighted by molar-refractivity contribution is -0.156. The Kier molecular flexibility index (Phi) is 3.54. The fourth-order valence-electron chi connectivity index (χ4n) is 2.74. The molecule has 2 rings (SSSR count). The molecule has 0 saturated carbocycles. The van der Waals surface area contributed by atoms with Gasteiger partial charge in [0.1, 0.15) is 5.41 Å². The minimum Gasteiger partial charge on any atom is -0.409 e. The predicted molar refractivity (Wildman–Crippen MR) is 83.1 cm³/mol. The van der Waals surface area contributed by atoms with Gasteiger partial charge < -0.3 is 9.16 Å². The van der Waals surface area contributed by atoms with Crippen molar-refractivity contribution >= 4 is 20.3 Å². The monoisotopic (exact) mass is 310 g/mol. The van der Waals surface area contributed by atoms with Gasteiger partial charge in [0.25, 0.3) is 0 Å². The van der Waals surface area contributed by atoms with Gasteiger partial charge in [-0.3, -0.25) is 9.59 Å². The van der Waals surface area contributed by atoms with Crippen LogP contribution in [0, 0.1) is 10.8 Å². The van der Waals surface area contributed by atoms with Gasteiger partial charge in [0, 0.05) is 0 Å². The van der Waals surface area contributed by atoms with E-state index in [0.29, 0.717) is 6.42 Å². The van der Waals surface area contributed by atoms with Gasteiger partial charge >= 0.3 is 11.9 Å². The maximum Gasteiger partial charge on any atom is 0.323 e. The van der Waals surface area contributed by atoms with Crippen LogP contribution in [0.3, 0.4) is 0 Å². The van der Waals surface area contributed by atoms with Crippen molar-refractivity contribution in [1.29, 1.82) is 0 Å². The molecule has 0 amide bonds. The molecule has 1 aliphatic carbocycles. The van der Waals surface area contributed by atoms with Gasteiger partial charge in [-0.15, -0.1) is 0 Å². The van der Waals surface area contributed by atoms with Gasteiger partial charge in [-0.2, -0.15) is 0 Å². The van der Waals surface area contributed by atoms with Crippen molar-refractivity contribution in [3.63, 3.8) is 0 Å². The van der Waals surface area contributed by atoms with Gasteiger partial charge in [0.05, 0.1) is 11.5 Å². The molecule has 5 heteroatoms. The van der Waals surface area contributed by atoms with Gasteiger partial charge in [0.2, 0.25) is 0 Å². The lowest BCUT2D eigenvalue weighted by Crippen LogP contribution is -2.55. The minimum absolute atomic E-state index is 0.0393. The van der Waals surface area contributed by atoms with Gasteiger partial charge in [-0.25, -0.2) is 0 Å². The topological polar surface area (TPSA) is 52.6 Å². The molecule has 21 heavy (non-hydrogen) atoms. The molecule has 0 bridgehead atoms. The number of hydrogen-bond acceptors (Lipinski definition) is 4. The van der Waals surface area contributed by atoms with Crippen LogP contribution in [0.25, 0.3) is 0 Å². The molecule has 1 saturated heterocycles. The standard InChI is InChI=1S/C16H26O4Si/c1-14(2,3)21(6,7)20-11-9-8-10-15(4)12(17)19-13(18)16(11,15)5/h8-9,11H,10H2,1-7H3/t11-,15-,16+/m0/s1. The number of carbonyl (C=O) groups excluding carboxylic acids is 2. The van der Waals surface area contributed by atoms with E-state index in [-0.39, 0.29) is 5.04 Å². The molecule has 2 aliphatic rings. The van der Waals surface area contributed by atoms with Crippen molar-refractivity contribution in [3.05, 3.63) is 12.2 Å². The van der Waals surface area contributed by atoms with Crippen LogP contribution in [-0.2, 0) is 18.8 Å². The van der Waals surface area contributed by atoms with Crippen molar-refractivity contribution in [2.75, 3.05) is 0 Å². The number of esters is 2. The number of hydrogen-bond donors (Lipinski definition) is 0. The maximum atomic E-state index is 12.4. The van der Waals surface area contributed by atoms with E-state index in [1.807, 2.05) is 26.0 Å². The molecule has 1 aliphatic heterocycles. The molecule has 118 valence electrons. The zero-order chi connectivity index (χ0) is 16.3. The highest BCUT2D eigenvalue weighted by molar-refractivity contribution is 6.74. The molecule has 1 heterocycles. The summed E-state index contributed by atoms with van der Waals surface area (Å²) in [5, 5.41) is 0.0393. The predicted octanol–water partition coefficient (Wildman–Crippen LogP) is 3.43. The number of carbonyl (C=O) groups is 2. The summed E-state index contributed by atoms with van der Waals surface area (Å²) in [7, 11) is -2.05. The Morgan fingerprint density at radius 3 is 2.33 bits per heavy atom. The van der Waals surface area contributed by atoms with E-state index in [2.05, 4.69) is 33.9 Å². The fourth-order valence-corrected chi connectivity index (χ4v) is 4.04. The minimum atomic E-state index is -2.05. The second kappa shape index (κ2) is 4.52. The Bertz CT molecular complexity index is 517. The zero-order valence-corrected chi connectivity index (χ0v) is 15.1. The maximum absolute atomic E-state index is 12.4. The van der Waals surface area contributed by atoms with Gasteiger partial charge in [0.15, 0.2) is 8.32 Å². The first-order chi connectivity index (χ1) is 9.36. The van der Waals surface area contributed by atoms with Crippen LogP contribution in [0.5, 0.6) is 0 Å². The van der Waals surface area contributed by atoms with Crippen molar-refractivity contribution in [1.82, 2.24) is 0 Å². The number of fused-ring (bicyclic) bond motifs is 1. The quantitative estimate of drug-likeness (QED) is 0.339. The van der Waals surface area contributed by atoms with Crippen molar-refractivity contribution in [2.45, 2.75) is 65.3 Å². The molecular formula is C16H26O4Si. The molecule has 0 spiro atoms.